The highest BCUT2D eigenvalue weighted by Gasteiger charge is 2.31. The van der Waals surface area contributed by atoms with E-state index in [1.807, 2.05) is 72.8 Å². The average Bonchev–Trinajstić information content (AvgIpc) is 3.28. The minimum Gasteiger partial charge on any atom is -0.473 e. The minimum absolute atomic E-state index is 0.00560. The van der Waals surface area contributed by atoms with Gasteiger partial charge in [-0.25, -0.2) is 9.78 Å². The van der Waals surface area contributed by atoms with Crippen LogP contribution in [0.4, 0.5) is 4.79 Å². The fraction of sp³-hybridized carbons (Fsp3) is 0.250. The van der Waals surface area contributed by atoms with E-state index in [0.29, 0.717) is 19.0 Å². The van der Waals surface area contributed by atoms with Crippen molar-refractivity contribution in [3.8, 4) is 5.88 Å². The first-order valence-electron chi connectivity index (χ1n) is 9.89. The molecule has 1 amide bonds. The summed E-state index contributed by atoms with van der Waals surface area (Å²) in [5.74, 6) is 0.578. The number of amides is 1. The van der Waals surface area contributed by atoms with Gasteiger partial charge in [-0.05, 0) is 29.5 Å². The average molecular weight is 388 g/mol. The number of carbonyl (C=O) groups is 1. The monoisotopic (exact) mass is 388 g/mol. The van der Waals surface area contributed by atoms with E-state index in [1.165, 1.54) is 0 Å². The first kappa shape index (κ1) is 19.0. The number of rotatable bonds is 6. The topological polar surface area (TPSA) is 51.7 Å². The van der Waals surface area contributed by atoms with Crippen LogP contribution in [0.2, 0.25) is 0 Å². The molecule has 4 rings (SSSR count). The normalized spacial score (nSPS) is 15.9. The molecular formula is C24H24N2O3. The molecule has 29 heavy (non-hydrogen) atoms. The van der Waals surface area contributed by atoms with Gasteiger partial charge in [0.2, 0.25) is 5.88 Å². The molecule has 5 nitrogen and oxygen atoms in total. The third kappa shape index (κ3) is 4.93. The molecule has 0 unspecified atom stereocenters. The number of ether oxygens (including phenoxy) is 2. The van der Waals surface area contributed by atoms with E-state index < -0.39 is 0 Å². The SMILES string of the molecule is O=C(OCc1ccccc1)N1CCC[C@H]1c1ccc(OCc2ccccc2)nc1. The zero-order valence-electron chi connectivity index (χ0n) is 16.2. The van der Waals surface area contributed by atoms with E-state index in [1.54, 1.807) is 11.1 Å². The van der Waals surface area contributed by atoms with Crippen molar-refractivity contribution >= 4 is 6.09 Å². The molecule has 0 N–H and O–H groups in total. The number of carbonyl (C=O) groups excluding carboxylic acids is 1. The van der Waals surface area contributed by atoms with Gasteiger partial charge in [0.25, 0.3) is 0 Å². The van der Waals surface area contributed by atoms with Crippen molar-refractivity contribution in [2.75, 3.05) is 6.54 Å². The van der Waals surface area contributed by atoms with Gasteiger partial charge in [-0.2, -0.15) is 0 Å². The maximum atomic E-state index is 12.6. The Morgan fingerprint density at radius 1 is 0.931 bits per heavy atom. The minimum atomic E-state index is -0.277. The van der Waals surface area contributed by atoms with Crippen molar-refractivity contribution in [1.29, 1.82) is 0 Å². The van der Waals surface area contributed by atoms with E-state index in [0.717, 1.165) is 29.5 Å². The van der Waals surface area contributed by atoms with Crippen LogP contribution in [0, 0.1) is 0 Å². The number of likely N-dealkylation sites (tertiary alicyclic amines) is 1. The van der Waals surface area contributed by atoms with Gasteiger partial charge in [-0.3, -0.25) is 0 Å². The van der Waals surface area contributed by atoms with E-state index >= 15 is 0 Å². The molecule has 1 aliphatic rings. The molecule has 0 saturated carbocycles. The smallest absolute Gasteiger partial charge is 0.410 e. The van der Waals surface area contributed by atoms with Crippen LogP contribution >= 0.6 is 0 Å². The third-order valence-electron chi connectivity index (χ3n) is 5.07. The van der Waals surface area contributed by atoms with E-state index in [4.69, 9.17) is 9.47 Å². The van der Waals surface area contributed by atoms with Crippen molar-refractivity contribution < 1.29 is 14.3 Å². The van der Waals surface area contributed by atoms with Crippen molar-refractivity contribution in [2.24, 2.45) is 0 Å². The zero-order valence-corrected chi connectivity index (χ0v) is 16.2. The quantitative estimate of drug-likeness (QED) is 0.587. The fourth-order valence-electron chi connectivity index (χ4n) is 3.54. The van der Waals surface area contributed by atoms with Crippen LogP contribution in [0.5, 0.6) is 5.88 Å². The summed E-state index contributed by atoms with van der Waals surface area (Å²) in [4.78, 5) is 18.8. The second kappa shape index (κ2) is 9.24. The second-order valence-electron chi connectivity index (χ2n) is 7.10. The lowest BCUT2D eigenvalue weighted by Gasteiger charge is -2.24. The molecule has 0 spiro atoms. The lowest BCUT2D eigenvalue weighted by atomic mass is 10.1. The second-order valence-corrected chi connectivity index (χ2v) is 7.10. The van der Waals surface area contributed by atoms with Gasteiger partial charge >= 0.3 is 6.09 Å². The Bertz CT molecular complexity index is 914. The molecular weight excluding hydrogens is 364 g/mol. The summed E-state index contributed by atoms with van der Waals surface area (Å²) in [5, 5.41) is 0. The van der Waals surface area contributed by atoms with E-state index in [-0.39, 0.29) is 18.7 Å². The summed E-state index contributed by atoms with van der Waals surface area (Å²) in [6.07, 6.45) is 3.39. The molecule has 2 aromatic carbocycles. The molecule has 5 heteroatoms. The van der Waals surface area contributed by atoms with Gasteiger partial charge in [-0.15, -0.1) is 0 Å². The molecule has 1 atom stereocenters. The number of benzene rings is 2. The first-order valence-corrected chi connectivity index (χ1v) is 9.89. The van der Waals surface area contributed by atoms with Crippen LogP contribution in [-0.2, 0) is 18.0 Å². The predicted octanol–water partition coefficient (Wildman–Crippen LogP) is 5.13. The van der Waals surface area contributed by atoms with Crippen molar-refractivity contribution in [3.63, 3.8) is 0 Å². The Balaban J connectivity index is 1.34. The van der Waals surface area contributed by atoms with Crippen LogP contribution in [0.3, 0.4) is 0 Å². The summed E-state index contributed by atoms with van der Waals surface area (Å²) >= 11 is 0. The molecule has 3 aromatic rings. The largest absolute Gasteiger partial charge is 0.473 e. The lowest BCUT2D eigenvalue weighted by molar-refractivity contribution is 0.0920. The van der Waals surface area contributed by atoms with Gasteiger partial charge in [0.15, 0.2) is 0 Å². The van der Waals surface area contributed by atoms with E-state index in [2.05, 4.69) is 4.98 Å². The third-order valence-corrected chi connectivity index (χ3v) is 5.07. The summed E-state index contributed by atoms with van der Waals surface area (Å²) < 4.78 is 11.3. The highest BCUT2D eigenvalue weighted by molar-refractivity contribution is 5.68. The van der Waals surface area contributed by atoms with Crippen LogP contribution in [0.1, 0.15) is 35.6 Å². The predicted molar refractivity (Wildman–Crippen MR) is 110 cm³/mol. The molecule has 1 fully saturated rings. The van der Waals surface area contributed by atoms with Crippen LogP contribution in [0.15, 0.2) is 79.0 Å². The van der Waals surface area contributed by atoms with Crippen LogP contribution in [-0.4, -0.2) is 22.5 Å². The maximum Gasteiger partial charge on any atom is 0.410 e. The molecule has 1 saturated heterocycles. The van der Waals surface area contributed by atoms with Gasteiger partial charge < -0.3 is 14.4 Å². The Morgan fingerprint density at radius 2 is 1.62 bits per heavy atom. The van der Waals surface area contributed by atoms with Gasteiger partial charge in [0.05, 0.1) is 6.04 Å². The first-order chi connectivity index (χ1) is 14.3. The summed E-state index contributed by atoms with van der Waals surface area (Å²) in [5.41, 5.74) is 3.09. The Labute approximate surface area is 170 Å². The number of pyridine rings is 1. The Morgan fingerprint density at radius 3 is 2.28 bits per heavy atom. The van der Waals surface area contributed by atoms with Crippen molar-refractivity contribution in [1.82, 2.24) is 9.88 Å². The van der Waals surface area contributed by atoms with Crippen molar-refractivity contribution in [3.05, 3.63) is 95.7 Å². The lowest BCUT2D eigenvalue weighted by Crippen LogP contribution is -2.31. The molecule has 148 valence electrons. The molecule has 0 aliphatic carbocycles. The van der Waals surface area contributed by atoms with Gasteiger partial charge in [-0.1, -0.05) is 66.7 Å². The van der Waals surface area contributed by atoms with Crippen LogP contribution < -0.4 is 4.74 Å². The van der Waals surface area contributed by atoms with E-state index in [9.17, 15) is 4.79 Å². The molecule has 2 heterocycles. The molecule has 0 radical (unpaired) electrons. The summed E-state index contributed by atoms with van der Waals surface area (Å²) in [6, 6.07) is 23.6. The summed E-state index contributed by atoms with van der Waals surface area (Å²) in [6.45, 7) is 1.46. The molecule has 0 bridgehead atoms. The highest BCUT2D eigenvalue weighted by Crippen LogP contribution is 2.32. The zero-order chi connectivity index (χ0) is 19.9. The molecule has 1 aromatic heterocycles. The van der Waals surface area contributed by atoms with Crippen LogP contribution in [0.25, 0.3) is 0 Å². The number of nitrogens with zero attached hydrogens (tertiary/aromatic N) is 2. The number of hydrogen-bond acceptors (Lipinski definition) is 4. The maximum absolute atomic E-state index is 12.6. The van der Waals surface area contributed by atoms with Gasteiger partial charge in [0.1, 0.15) is 13.2 Å². The fourth-order valence-corrected chi connectivity index (χ4v) is 3.54. The standard InChI is InChI=1S/C24H24N2O3/c27-24(29-18-20-10-5-2-6-11-20)26-15-7-12-22(26)21-13-14-23(25-16-21)28-17-19-8-3-1-4-9-19/h1-6,8-11,13-14,16,22H,7,12,15,17-18H2/t22-/m0/s1. The Hall–Kier alpha value is -3.34. The van der Waals surface area contributed by atoms with Crippen molar-refractivity contribution in [2.45, 2.75) is 32.1 Å². The number of hydrogen-bond donors (Lipinski definition) is 0. The summed E-state index contributed by atoms with van der Waals surface area (Å²) in [7, 11) is 0. The van der Waals surface area contributed by atoms with Gasteiger partial charge in [0, 0.05) is 18.8 Å². The Kier molecular flexibility index (Phi) is 6.05. The molecule has 1 aliphatic heterocycles. The highest BCUT2D eigenvalue weighted by atomic mass is 16.6. The number of aromatic nitrogens is 1.